The normalized spacial score (nSPS) is 19.9. The maximum Gasteiger partial charge on any atom is 0.221 e. The van der Waals surface area contributed by atoms with E-state index in [-0.39, 0.29) is 0 Å². The van der Waals surface area contributed by atoms with Gasteiger partial charge in [0.2, 0.25) is 5.65 Å². The van der Waals surface area contributed by atoms with Gasteiger partial charge in [-0.1, -0.05) is 17.3 Å². The number of rotatable bonds is 4. The van der Waals surface area contributed by atoms with E-state index in [0.29, 0.717) is 24.2 Å². The zero-order chi connectivity index (χ0) is 18.2. The van der Waals surface area contributed by atoms with Crippen molar-refractivity contribution in [1.29, 1.82) is 0 Å². The molecule has 0 radical (unpaired) electrons. The van der Waals surface area contributed by atoms with Crippen molar-refractivity contribution in [3.05, 3.63) is 54.0 Å². The van der Waals surface area contributed by atoms with Gasteiger partial charge in [-0.25, -0.2) is 14.6 Å². The molecule has 3 aromatic heterocycles. The largest absolute Gasteiger partial charge is 0.359 e. The van der Waals surface area contributed by atoms with E-state index in [4.69, 9.17) is 4.98 Å². The summed E-state index contributed by atoms with van der Waals surface area (Å²) in [6.07, 6.45) is 7.11. The van der Waals surface area contributed by atoms with Crippen molar-refractivity contribution >= 4 is 30.2 Å². The predicted octanol–water partition coefficient (Wildman–Crippen LogP) is 1.59. The molecule has 1 unspecified atom stereocenters. The van der Waals surface area contributed by atoms with Crippen LogP contribution in [0.3, 0.4) is 0 Å². The molecule has 1 aliphatic rings. The standard InChI is InChI=1S/C19H20BN7/c20-24-15-5-4-14(9-15)17-10-22-18-19(23-17)27(26-25-18)11-12-3-6-16-13(8-12)2-1-7-21-16/h1-3,6-8,10,14-15,24H,4-5,9,11,20H2/t14?,15-/m1/s1. The van der Waals surface area contributed by atoms with Gasteiger partial charge in [0.1, 0.15) is 0 Å². The molecule has 1 aliphatic carbocycles. The first kappa shape index (κ1) is 16.3. The SMILES string of the molecule is BN[C@@H]1CCC(c2cnc3nnn(Cc4ccc5ncccc5c4)c3n2)C1. The van der Waals surface area contributed by atoms with Crippen molar-refractivity contribution in [2.24, 2.45) is 0 Å². The number of hydrogen-bond donors (Lipinski definition) is 1. The lowest BCUT2D eigenvalue weighted by Gasteiger charge is -2.10. The molecule has 0 saturated heterocycles. The van der Waals surface area contributed by atoms with Crippen LogP contribution in [0.4, 0.5) is 0 Å². The third kappa shape index (κ3) is 3.06. The Morgan fingerprint density at radius 3 is 3.04 bits per heavy atom. The Morgan fingerprint density at radius 2 is 2.15 bits per heavy atom. The smallest absolute Gasteiger partial charge is 0.221 e. The van der Waals surface area contributed by atoms with Gasteiger partial charge in [-0.15, -0.1) is 5.10 Å². The number of nitrogens with one attached hydrogen (secondary N) is 1. The van der Waals surface area contributed by atoms with Gasteiger partial charge in [0.05, 0.1) is 24.0 Å². The van der Waals surface area contributed by atoms with Crippen molar-refractivity contribution in [3.63, 3.8) is 0 Å². The number of aromatic nitrogens is 6. The van der Waals surface area contributed by atoms with Crippen LogP contribution in [0.5, 0.6) is 0 Å². The summed E-state index contributed by atoms with van der Waals surface area (Å²) in [6.45, 7) is 0.614. The second kappa shape index (κ2) is 6.70. The molecule has 0 bridgehead atoms. The average molecular weight is 357 g/mol. The van der Waals surface area contributed by atoms with Crippen LogP contribution in [-0.2, 0) is 6.54 Å². The van der Waals surface area contributed by atoms with E-state index in [1.54, 1.807) is 0 Å². The highest BCUT2D eigenvalue weighted by Gasteiger charge is 2.26. The molecule has 8 heteroatoms. The summed E-state index contributed by atoms with van der Waals surface area (Å²) in [7, 11) is 2.03. The van der Waals surface area contributed by atoms with Crippen molar-refractivity contribution in [1.82, 2.24) is 35.2 Å². The summed E-state index contributed by atoms with van der Waals surface area (Å²) in [5, 5.41) is 13.0. The molecule has 134 valence electrons. The molecule has 0 aliphatic heterocycles. The van der Waals surface area contributed by atoms with Crippen molar-refractivity contribution in [2.75, 3.05) is 0 Å². The summed E-state index contributed by atoms with van der Waals surface area (Å²) < 4.78 is 1.84. The second-order valence-corrected chi connectivity index (χ2v) is 7.22. The first-order valence-electron chi connectivity index (χ1n) is 9.37. The van der Waals surface area contributed by atoms with Crippen LogP contribution in [0.25, 0.3) is 22.2 Å². The lowest BCUT2D eigenvalue weighted by atomic mass is 10.0. The molecule has 2 atom stereocenters. The highest BCUT2D eigenvalue weighted by molar-refractivity contribution is 6.04. The van der Waals surface area contributed by atoms with Crippen LogP contribution in [0.15, 0.2) is 42.7 Å². The summed E-state index contributed by atoms with van der Waals surface area (Å²) in [5.41, 5.74) is 4.54. The minimum atomic E-state index is 0.453. The Kier molecular flexibility index (Phi) is 4.05. The predicted molar refractivity (Wildman–Crippen MR) is 106 cm³/mol. The van der Waals surface area contributed by atoms with Crippen LogP contribution in [0.2, 0.25) is 0 Å². The molecular weight excluding hydrogens is 337 g/mol. The third-order valence-corrected chi connectivity index (χ3v) is 5.50. The van der Waals surface area contributed by atoms with E-state index in [1.165, 1.54) is 6.42 Å². The molecule has 1 aromatic carbocycles. The minimum Gasteiger partial charge on any atom is -0.359 e. The lowest BCUT2D eigenvalue weighted by molar-refractivity contribution is 0.623. The number of pyridine rings is 1. The molecule has 1 fully saturated rings. The fourth-order valence-electron chi connectivity index (χ4n) is 3.98. The van der Waals surface area contributed by atoms with Gasteiger partial charge in [0.25, 0.3) is 0 Å². The summed E-state index contributed by atoms with van der Waals surface area (Å²) in [5.74, 6) is 0.453. The molecule has 4 aromatic rings. The number of benzene rings is 1. The first-order chi connectivity index (χ1) is 13.3. The third-order valence-electron chi connectivity index (χ3n) is 5.50. The number of hydrogen-bond acceptors (Lipinski definition) is 6. The average Bonchev–Trinajstić information content (AvgIpc) is 3.35. The second-order valence-electron chi connectivity index (χ2n) is 7.22. The lowest BCUT2D eigenvalue weighted by Crippen LogP contribution is -2.22. The van der Waals surface area contributed by atoms with Gasteiger partial charge >= 0.3 is 0 Å². The molecule has 3 heterocycles. The first-order valence-corrected chi connectivity index (χ1v) is 9.37. The van der Waals surface area contributed by atoms with Crippen LogP contribution in [0.1, 0.15) is 36.4 Å². The van der Waals surface area contributed by atoms with E-state index in [0.717, 1.165) is 40.6 Å². The van der Waals surface area contributed by atoms with Gasteiger partial charge in [0, 0.05) is 17.5 Å². The van der Waals surface area contributed by atoms with Gasteiger partial charge in [-0.2, -0.15) is 0 Å². The Hall–Kier alpha value is -2.87. The van der Waals surface area contributed by atoms with Crippen LogP contribution in [-0.4, -0.2) is 44.0 Å². The van der Waals surface area contributed by atoms with Crippen LogP contribution in [0, 0.1) is 0 Å². The topological polar surface area (TPSA) is 81.4 Å². The number of nitrogens with zero attached hydrogens (tertiary/aromatic N) is 6. The van der Waals surface area contributed by atoms with Crippen molar-refractivity contribution in [2.45, 2.75) is 37.8 Å². The highest BCUT2D eigenvalue weighted by atomic mass is 15.4. The zero-order valence-corrected chi connectivity index (χ0v) is 15.2. The molecule has 1 N–H and O–H groups in total. The van der Waals surface area contributed by atoms with Crippen LogP contribution < -0.4 is 5.23 Å². The van der Waals surface area contributed by atoms with E-state index >= 15 is 0 Å². The maximum atomic E-state index is 4.88. The van der Waals surface area contributed by atoms with E-state index < -0.39 is 0 Å². The monoisotopic (exact) mass is 357 g/mol. The van der Waals surface area contributed by atoms with E-state index in [2.05, 4.69) is 43.7 Å². The van der Waals surface area contributed by atoms with Gasteiger partial charge in [0.15, 0.2) is 13.6 Å². The molecule has 0 spiro atoms. The Bertz CT molecular complexity index is 1110. The quantitative estimate of drug-likeness (QED) is 0.559. The Balaban J connectivity index is 1.46. The van der Waals surface area contributed by atoms with E-state index in [9.17, 15) is 0 Å². The fourth-order valence-corrected chi connectivity index (χ4v) is 3.98. The molecule has 5 rings (SSSR count). The van der Waals surface area contributed by atoms with Crippen molar-refractivity contribution < 1.29 is 0 Å². The Morgan fingerprint density at radius 1 is 1.19 bits per heavy atom. The fraction of sp³-hybridized carbons (Fsp3) is 0.316. The van der Waals surface area contributed by atoms with Gasteiger partial charge in [-0.05, 0) is 49.1 Å². The van der Waals surface area contributed by atoms with E-state index in [1.807, 2.05) is 37.2 Å². The van der Waals surface area contributed by atoms with Gasteiger partial charge in [-0.3, -0.25) is 4.98 Å². The molecule has 7 nitrogen and oxygen atoms in total. The van der Waals surface area contributed by atoms with Crippen molar-refractivity contribution in [3.8, 4) is 0 Å². The highest BCUT2D eigenvalue weighted by Crippen LogP contribution is 2.33. The minimum absolute atomic E-state index is 0.453. The molecule has 1 saturated carbocycles. The maximum absolute atomic E-state index is 4.88. The summed E-state index contributed by atoms with van der Waals surface area (Å²) in [6, 6.07) is 10.9. The molecule has 0 amide bonds. The summed E-state index contributed by atoms with van der Waals surface area (Å²) in [4.78, 5) is 13.8. The molecule has 27 heavy (non-hydrogen) atoms. The van der Waals surface area contributed by atoms with Crippen LogP contribution >= 0.6 is 0 Å². The zero-order valence-electron chi connectivity index (χ0n) is 15.2. The summed E-state index contributed by atoms with van der Waals surface area (Å²) >= 11 is 0. The molecular formula is C19H20BN7. The number of fused-ring (bicyclic) bond motifs is 2. The Labute approximate surface area is 157 Å². The van der Waals surface area contributed by atoms with Gasteiger partial charge < -0.3 is 5.23 Å².